The van der Waals surface area contributed by atoms with E-state index in [4.69, 9.17) is 10.5 Å². The second kappa shape index (κ2) is 6.90. The molecule has 0 spiro atoms. The van der Waals surface area contributed by atoms with Gasteiger partial charge in [-0.15, -0.1) is 0 Å². The van der Waals surface area contributed by atoms with Crippen LogP contribution in [0.4, 0.5) is 0 Å². The first-order chi connectivity index (χ1) is 9.60. The number of esters is 1. The number of nitrogens with two attached hydrogens (primary N) is 1. The van der Waals surface area contributed by atoms with Crippen LogP contribution in [0.2, 0.25) is 0 Å². The van der Waals surface area contributed by atoms with Crippen molar-refractivity contribution in [3.8, 4) is 0 Å². The van der Waals surface area contributed by atoms with Crippen molar-refractivity contribution < 1.29 is 9.53 Å². The summed E-state index contributed by atoms with van der Waals surface area (Å²) in [6, 6.07) is 0. The molecular formula is C16H30N2O2. The van der Waals surface area contributed by atoms with Crippen molar-refractivity contribution in [2.75, 3.05) is 26.7 Å². The summed E-state index contributed by atoms with van der Waals surface area (Å²) < 4.78 is 4.91. The van der Waals surface area contributed by atoms with Crippen molar-refractivity contribution in [1.82, 2.24) is 4.90 Å². The topological polar surface area (TPSA) is 55.6 Å². The van der Waals surface area contributed by atoms with Gasteiger partial charge in [0.1, 0.15) is 5.54 Å². The van der Waals surface area contributed by atoms with Gasteiger partial charge in [0.05, 0.1) is 7.11 Å². The summed E-state index contributed by atoms with van der Waals surface area (Å²) in [6.45, 7) is 5.79. The average Bonchev–Trinajstić information content (AvgIpc) is 2.87. The Morgan fingerprint density at radius 3 is 2.65 bits per heavy atom. The number of methoxy groups -OCH3 is 1. The lowest BCUT2D eigenvalue weighted by Crippen LogP contribution is -2.52. The number of hydrogen-bond acceptors (Lipinski definition) is 4. The molecule has 0 aromatic heterocycles. The normalized spacial score (nSPS) is 32.5. The van der Waals surface area contributed by atoms with Crippen LogP contribution in [-0.2, 0) is 9.53 Å². The summed E-state index contributed by atoms with van der Waals surface area (Å²) in [4.78, 5) is 14.5. The highest BCUT2D eigenvalue weighted by Crippen LogP contribution is 2.37. The van der Waals surface area contributed by atoms with E-state index >= 15 is 0 Å². The lowest BCUT2D eigenvalue weighted by Gasteiger charge is -2.34. The zero-order chi connectivity index (χ0) is 14.6. The minimum Gasteiger partial charge on any atom is -0.468 e. The number of rotatable bonds is 5. The molecule has 4 nitrogen and oxygen atoms in total. The summed E-state index contributed by atoms with van der Waals surface area (Å²) in [7, 11) is 1.45. The number of carbonyl (C=O) groups excluding carboxylic acids is 1. The molecule has 20 heavy (non-hydrogen) atoms. The molecule has 0 amide bonds. The molecule has 0 aromatic rings. The Hall–Kier alpha value is -0.610. The molecule has 2 fully saturated rings. The zero-order valence-electron chi connectivity index (χ0n) is 13.1. The van der Waals surface area contributed by atoms with Gasteiger partial charge in [-0.3, -0.25) is 4.79 Å². The molecule has 2 N–H and O–H groups in total. The van der Waals surface area contributed by atoms with E-state index in [9.17, 15) is 4.79 Å². The summed E-state index contributed by atoms with van der Waals surface area (Å²) in [5.74, 6) is 0.991. The minimum atomic E-state index is -0.726. The predicted molar refractivity (Wildman–Crippen MR) is 80.3 cm³/mol. The molecule has 2 aliphatic rings. The highest BCUT2D eigenvalue weighted by atomic mass is 16.5. The van der Waals surface area contributed by atoms with Gasteiger partial charge in [-0.2, -0.15) is 0 Å². The Balaban J connectivity index is 1.80. The first kappa shape index (κ1) is 15.8. The van der Waals surface area contributed by atoms with Gasteiger partial charge in [0.2, 0.25) is 0 Å². The Morgan fingerprint density at radius 2 is 2.05 bits per heavy atom. The van der Waals surface area contributed by atoms with Crippen LogP contribution >= 0.6 is 0 Å². The van der Waals surface area contributed by atoms with Gasteiger partial charge >= 0.3 is 5.97 Å². The third-order valence-corrected chi connectivity index (χ3v) is 5.52. The maximum Gasteiger partial charge on any atom is 0.326 e. The molecule has 1 heterocycles. The number of nitrogens with zero attached hydrogens (tertiary/aromatic N) is 1. The van der Waals surface area contributed by atoms with Gasteiger partial charge in [-0.1, -0.05) is 19.8 Å². The van der Waals surface area contributed by atoms with Gasteiger partial charge in [0, 0.05) is 0 Å². The number of carbonyl (C=O) groups is 1. The maximum absolute atomic E-state index is 11.9. The molecule has 1 aliphatic heterocycles. The van der Waals surface area contributed by atoms with Crippen LogP contribution in [0.3, 0.4) is 0 Å². The molecule has 2 rings (SSSR count). The van der Waals surface area contributed by atoms with Gasteiger partial charge in [0.15, 0.2) is 0 Å². The average molecular weight is 282 g/mol. The van der Waals surface area contributed by atoms with Gasteiger partial charge in [-0.25, -0.2) is 0 Å². The fourth-order valence-corrected chi connectivity index (χ4v) is 3.92. The van der Waals surface area contributed by atoms with E-state index in [1.165, 1.54) is 39.5 Å². The Morgan fingerprint density at radius 1 is 1.35 bits per heavy atom. The number of hydrogen-bond donors (Lipinski definition) is 1. The second-order valence-corrected chi connectivity index (χ2v) is 6.60. The van der Waals surface area contributed by atoms with Crippen LogP contribution in [0, 0.1) is 11.8 Å². The summed E-state index contributed by atoms with van der Waals surface area (Å²) >= 11 is 0. The summed E-state index contributed by atoms with van der Waals surface area (Å²) in [5.41, 5.74) is 5.60. The van der Waals surface area contributed by atoms with E-state index < -0.39 is 5.54 Å². The number of piperidine rings is 1. The fraction of sp³-hybridized carbons (Fsp3) is 0.938. The van der Waals surface area contributed by atoms with Crippen LogP contribution < -0.4 is 5.73 Å². The molecule has 2 unspecified atom stereocenters. The highest BCUT2D eigenvalue weighted by molar-refractivity contribution is 5.81. The van der Waals surface area contributed by atoms with Crippen LogP contribution in [0.5, 0.6) is 0 Å². The Labute approximate surface area is 123 Å². The molecule has 0 aromatic carbocycles. The molecule has 2 atom stereocenters. The highest BCUT2D eigenvalue weighted by Gasteiger charge is 2.46. The van der Waals surface area contributed by atoms with Crippen molar-refractivity contribution in [2.45, 2.75) is 57.4 Å². The second-order valence-electron chi connectivity index (χ2n) is 6.60. The van der Waals surface area contributed by atoms with Crippen LogP contribution in [-0.4, -0.2) is 43.2 Å². The van der Waals surface area contributed by atoms with Gasteiger partial charge < -0.3 is 15.4 Å². The van der Waals surface area contributed by atoms with Gasteiger partial charge in [-0.05, 0) is 63.6 Å². The summed E-state index contributed by atoms with van der Waals surface area (Å²) in [6.07, 6.45) is 7.89. The molecule has 4 heteroatoms. The zero-order valence-corrected chi connectivity index (χ0v) is 13.1. The van der Waals surface area contributed by atoms with Crippen molar-refractivity contribution in [3.63, 3.8) is 0 Å². The van der Waals surface area contributed by atoms with Crippen LogP contribution in [0.25, 0.3) is 0 Å². The maximum atomic E-state index is 11.9. The van der Waals surface area contributed by atoms with E-state index in [-0.39, 0.29) is 5.97 Å². The standard InChI is InChI=1S/C16H30N2O2/c1-3-13-6-10-18(11-7-13)12-8-14-5-4-9-16(14,17)15(19)20-2/h13-14H,3-12,17H2,1-2H3. The monoisotopic (exact) mass is 282 g/mol. The smallest absolute Gasteiger partial charge is 0.326 e. The molecule has 116 valence electrons. The van der Waals surface area contributed by atoms with E-state index in [0.717, 1.165) is 38.1 Å². The predicted octanol–water partition coefficient (Wildman–Crippen LogP) is 2.17. The minimum absolute atomic E-state index is 0.218. The largest absolute Gasteiger partial charge is 0.468 e. The van der Waals surface area contributed by atoms with Crippen molar-refractivity contribution in [3.05, 3.63) is 0 Å². The van der Waals surface area contributed by atoms with Crippen molar-refractivity contribution >= 4 is 5.97 Å². The fourth-order valence-electron chi connectivity index (χ4n) is 3.92. The van der Waals surface area contributed by atoms with Gasteiger partial charge in [0.25, 0.3) is 0 Å². The SMILES string of the molecule is CCC1CCN(CCC2CCCC2(N)C(=O)OC)CC1. The van der Waals surface area contributed by atoms with Crippen LogP contribution in [0.15, 0.2) is 0 Å². The van der Waals surface area contributed by atoms with E-state index in [0.29, 0.717) is 5.92 Å². The first-order valence-electron chi connectivity index (χ1n) is 8.19. The third kappa shape index (κ3) is 3.34. The third-order valence-electron chi connectivity index (χ3n) is 5.52. The Kier molecular flexibility index (Phi) is 5.44. The number of likely N-dealkylation sites (tertiary alicyclic amines) is 1. The molecule has 0 bridgehead atoms. The lowest BCUT2D eigenvalue weighted by atomic mass is 9.85. The Bertz CT molecular complexity index is 326. The quantitative estimate of drug-likeness (QED) is 0.785. The van der Waals surface area contributed by atoms with Crippen molar-refractivity contribution in [1.29, 1.82) is 0 Å². The molecule has 1 saturated heterocycles. The molecule has 1 saturated carbocycles. The lowest BCUT2D eigenvalue weighted by molar-refractivity contribution is -0.148. The molecule has 0 radical (unpaired) electrons. The summed E-state index contributed by atoms with van der Waals surface area (Å²) in [5, 5.41) is 0. The molecular weight excluding hydrogens is 252 g/mol. The first-order valence-corrected chi connectivity index (χ1v) is 8.19. The van der Waals surface area contributed by atoms with E-state index in [1.54, 1.807) is 0 Å². The van der Waals surface area contributed by atoms with Crippen LogP contribution in [0.1, 0.15) is 51.9 Å². The van der Waals surface area contributed by atoms with Crippen molar-refractivity contribution in [2.24, 2.45) is 17.6 Å². The molecule has 1 aliphatic carbocycles. The van der Waals surface area contributed by atoms with E-state index in [1.807, 2.05) is 0 Å². The number of ether oxygens (including phenoxy) is 1. The van der Waals surface area contributed by atoms with E-state index in [2.05, 4.69) is 11.8 Å².